The van der Waals surface area contributed by atoms with Gasteiger partial charge in [0.2, 0.25) is 5.83 Å². The monoisotopic (exact) mass is 433 g/mol. The Hall–Kier alpha value is -1.57. The van der Waals surface area contributed by atoms with Crippen LogP contribution in [0.4, 0.5) is 35.1 Å². The van der Waals surface area contributed by atoms with E-state index in [-0.39, 0.29) is 0 Å². The quantitative estimate of drug-likeness (QED) is 0.139. The Balaban J connectivity index is 5.20. The molecule has 0 fully saturated rings. The number of ether oxygens (including phenoxy) is 2. The summed E-state index contributed by atoms with van der Waals surface area (Å²) in [6.07, 6.45) is -8.57. The zero-order chi connectivity index (χ0) is 21.7. The highest BCUT2D eigenvalue weighted by Crippen LogP contribution is 2.41. The van der Waals surface area contributed by atoms with Crippen molar-refractivity contribution in [2.75, 3.05) is 13.7 Å². The molecule has 0 aliphatic rings. The van der Waals surface area contributed by atoms with Gasteiger partial charge in [0.1, 0.15) is 0 Å². The highest BCUT2D eigenvalue weighted by atomic mass is 32.1. The lowest BCUT2D eigenvalue weighted by atomic mass is 10.1. The lowest BCUT2D eigenvalue weighted by molar-refractivity contribution is -0.347. The first-order chi connectivity index (χ1) is 12.0. The summed E-state index contributed by atoms with van der Waals surface area (Å²) in [5, 5.41) is -3.15. The van der Waals surface area contributed by atoms with Crippen LogP contribution in [-0.4, -0.2) is 48.7 Å². The van der Waals surface area contributed by atoms with Crippen molar-refractivity contribution in [2.45, 2.75) is 42.4 Å². The molecular weight excluding hydrogens is 418 g/mol. The van der Waals surface area contributed by atoms with Gasteiger partial charge in [0.05, 0.1) is 6.61 Å². The number of thiol groups is 1. The topological polar surface area (TPSA) is 64.6 Å². The number of hydrogen-bond donors (Lipinski definition) is 2. The first kappa shape index (κ1) is 25.4. The van der Waals surface area contributed by atoms with Crippen LogP contribution in [0.1, 0.15) is 19.3 Å². The number of halogens is 8. The zero-order valence-corrected chi connectivity index (χ0v) is 14.5. The molecule has 0 aromatic carbocycles. The lowest BCUT2D eigenvalue weighted by Gasteiger charge is -2.32. The van der Waals surface area contributed by atoms with Crippen molar-refractivity contribution < 1.29 is 54.2 Å². The van der Waals surface area contributed by atoms with Crippen molar-refractivity contribution in [1.82, 2.24) is 5.32 Å². The van der Waals surface area contributed by atoms with Crippen LogP contribution in [0.2, 0.25) is 0 Å². The van der Waals surface area contributed by atoms with E-state index < -0.39 is 66.7 Å². The van der Waals surface area contributed by atoms with Gasteiger partial charge in [0, 0.05) is 13.5 Å². The van der Waals surface area contributed by atoms with E-state index in [0.717, 1.165) is 7.05 Å². The Morgan fingerprint density at radius 2 is 1.59 bits per heavy atom. The first-order valence-electron chi connectivity index (χ1n) is 7.00. The number of carbonyl (C=O) groups is 2. The molecule has 0 rings (SSSR count). The van der Waals surface area contributed by atoms with E-state index in [4.69, 9.17) is 0 Å². The summed E-state index contributed by atoms with van der Waals surface area (Å²) in [5.74, 6) is -15.1. The molecule has 158 valence electrons. The summed E-state index contributed by atoms with van der Waals surface area (Å²) in [6.45, 7) is 1.29. The minimum absolute atomic E-state index is 0.664. The average molecular weight is 433 g/mol. The third-order valence-corrected chi connectivity index (χ3v) is 3.31. The summed E-state index contributed by atoms with van der Waals surface area (Å²) in [5.41, 5.74) is 0. The molecule has 0 aliphatic carbocycles. The molecule has 1 atom stereocenters. The summed E-state index contributed by atoms with van der Waals surface area (Å²) in [4.78, 5) is 22.7. The highest BCUT2D eigenvalue weighted by Gasteiger charge is 2.66. The largest absolute Gasteiger partial charge is 0.466 e. The SMILES string of the molecule is C=C(F)C(=O)OC(OCCCCC(F)(F)C(F)(F)S)(C(=O)NC)C(F)(F)F. The van der Waals surface area contributed by atoms with Crippen molar-refractivity contribution in [3.8, 4) is 0 Å². The van der Waals surface area contributed by atoms with Crippen molar-refractivity contribution >= 4 is 24.5 Å². The highest BCUT2D eigenvalue weighted by molar-refractivity contribution is 7.81. The first-order valence-corrected chi connectivity index (χ1v) is 7.45. The van der Waals surface area contributed by atoms with Crippen LogP contribution in [0.3, 0.4) is 0 Å². The van der Waals surface area contributed by atoms with Crippen LogP contribution in [0.25, 0.3) is 0 Å². The molecule has 0 radical (unpaired) electrons. The van der Waals surface area contributed by atoms with Crippen LogP contribution >= 0.6 is 12.6 Å². The van der Waals surface area contributed by atoms with E-state index in [0.29, 0.717) is 0 Å². The number of unbranched alkanes of at least 4 members (excludes halogenated alkanes) is 1. The van der Waals surface area contributed by atoms with Gasteiger partial charge in [-0.15, -0.1) is 0 Å². The Morgan fingerprint density at radius 3 is 1.96 bits per heavy atom. The van der Waals surface area contributed by atoms with Crippen molar-refractivity contribution in [1.29, 1.82) is 0 Å². The molecule has 0 aromatic heterocycles. The molecule has 1 unspecified atom stereocenters. The van der Waals surface area contributed by atoms with E-state index in [9.17, 15) is 44.7 Å². The molecule has 0 bridgehead atoms. The Bertz CT molecular complexity index is 563. The number of rotatable bonds is 10. The minimum Gasteiger partial charge on any atom is -0.410 e. The Kier molecular flexibility index (Phi) is 8.55. The molecule has 5 nitrogen and oxygen atoms in total. The summed E-state index contributed by atoms with van der Waals surface area (Å²) < 4.78 is 111. The van der Waals surface area contributed by atoms with Crippen LogP contribution < -0.4 is 5.32 Å². The Morgan fingerprint density at radius 1 is 1.07 bits per heavy atom. The van der Waals surface area contributed by atoms with Gasteiger partial charge in [-0.25, -0.2) is 4.79 Å². The normalized spacial score (nSPS) is 15.0. The summed E-state index contributed by atoms with van der Waals surface area (Å²) in [7, 11) is 0.722. The van der Waals surface area contributed by atoms with E-state index in [1.807, 2.05) is 0 Å². The van der Waals surface area contributed by atoms with Crippen molar-refractivity contribution in [2.24, 2.45) is 0 Å². The van der Waals surface area contributed by atoms with Gasteiger partial charge in [-0.05, 0) is 12.8 Å². The van der Waals surface area contributed by atoms with Crippen LogP contribution in [-0.2, 0) is 19.1 Å². The van der Waals surface area contributed by atoms with Gasteiger partial charge in [-0.3, -0.25) is 4.79 Å². The molecule has 1 N–H and O–H groups in total. The number of carbonyl (C=O) groups excluding carboxylic acids is 2. The van der Waals surface area contributed by atoms with E-state index >= 15 is 0 Å². The predicted octanol–water partition coefficient (Wildman–Crippen LogP) is 3.36. The minimum atomic E-state index is -5.69. The second kappa shape index (κ2) is 9.08. The van der Waals surface area contributed by atoms with E-state index in [2.05, 4.69) is 28.7 Å². The molecule has 27 heavy (non-hydrogen) atoms. The molecule has 1 amide bonds. The Labute approximate surface area is 153 Å². The summed E-state index contributed by atoms with van der Waals surface area (Å²) >= 11 is 2.42. The number of alkyl halides is 7. The van der Waals surface area contributed by atoms with Crippen molar-refractivity contribution in [3.05, 3.63) is 12.4 Å². The van der Waals surface area contributed by atoms with Crippen LogP contribution in [0.5, 0.6) is 0 Å². The van der Waals surface area contributed by atoms with Gasteiger partial charge < -0.3 is 14.8 Å². The fourth-order valence-corrected chi connectivity index (χ4v) is 1.69. The molecule has 0 saturated heterocycles. The van der Waals surface area contributed by atoms with Gasteiger partial charge in [0.25, 0.3) is 0 Å². The second-order valence-corrected chi connectivity index (χ2v) is 5.60. The number of esters is 1. The predicted molar refractivity (Wildman–Crippen MR) is 77.9 cm³/mol. The lowest BCUT2D eigenvalue weighted by Crippen LogP contribution is -2.61. The smallest absolute Gasteiger partial charge is 0.410 e. The van der Waals surface area contributed by atoms with Crippen LogP contribution in [0, 0.1) is 0 Å². The molecular formula is C13H15F8NO4S. The molecule has 0 saturated carbocycles. The maximum atomic E-state index is 13.2. The molecule has 0 heterocycles. The van der Waals surface area contributed by atoms with Crippen LogP contribution in [0.15, 0.2) is 12.4 Å². The van der Waals surface area contributed by atoms with Gasteiger partial charge in [0.15, 0.2) is 0 Å². The molecule has 0 aromatic rings. The molecule has 0 aliphatic heterocycles. The molecule has 0 spiro atoms. The fourth-order valence-electron chi connectivity index (χ4n) is 1.58. The maximum absolute atomic E-state index is 13.2. The van der Waals surface area contributed by atoms with Gasteiger partial charge in [-0.1, -0.05) is 19.2 Å². The van der Waals surface area contributed by atoms with Gasteiger partial charge in [-0.2, -0.15) is 35.1 Å². The van der Waals surface area contributed by atoms with Gasteiger partial charge >= 0.3 is 35.0 Å². The average Bonchev–Trinajstić information content (AvgIpc) is 2.49. The number of hydrogen-bond acceptors (Lipinski definition) is 5. The standard InChI is InChI=1S/C13H15F8NO4S/c1-7(14)8(23)26-11(9(24)22-2,12(17,18)19)25-6-4-3-5-10(15,16)13(20,21)27/h27H,1,3-6H2,2H3,(H,22,24). The third kappa shape index (κ3) is 6.52. The third-order valence-electron chi connectivity index (χ3n) is 2.99. The number of nitrogens with one attached hydrogen (secondary N) is 1. The second-order valence-electron chi connectivity index (χ2n) is 5.04. The number of likely N-dealkylation sites (N-methyl/N-ethyl adjacent to an activating group) is 1. The van der Waals surface area contributed by atoms with E-state index in [1.165, 1.54) is 5.32 Å². The summed E-state index contributed by atoms with van der Waals surface area (Å²) in [6, 6.07) is 0. The maximum Gasteiger partial charge on any atom is 0.466 e. The zero-order valence-electron chi connectivity index (χ0n) is 13.6. The van der Waals surface area contributed by atoms with E-state index in [1.54, 1.807) is 0 Å². The fraction of sp³-hybridized carbons (Fsp3) is 0.692. The van der Waals surface area contributed by atoms with Crippen molar-refractivity contribution in [3.63, 3.8) is 0 Å². The molecule has 14 heteroatoms. The number of amides is 1.